The van der Waals surface area contributed by atoms with E-state index in [-0.39, 0.29) is 12.1 Å². The SMILES string of the molecule is COc1ccc(CNC(=O)N2CCC(Oc3cc(C)nc(C)n3)CC2)cc1OC. The van der Waals surface area contributed by atoms with Crippen molar-refractivity contribution in [3.63, 3.8) is 0 Å². The van der Waals surface area contributed by atoms with E-state index in [2.05, 4.69) is 15.3 Å². The van der Waals surface area contributed by atoms with E-state index in [1.165, 1.54) is 0 Å². The normalized spacial score (nSPS) is 14.4. The van der Waals surface area contributed by atoms with Gasteiger partial charge in [0.05, 0.1) is 14.2 Å². The second kappa shape index (κ2) is 9.45. The molecule has 2 aromatic rings. The number of amides is 2. The van der Waals surface area contributed by atoms with E-state index in [0.29, 0.717) is 42.8 Å². The molecule has 0 spiro atoms. The van der Waals surface area contributed by atoms with Crippen molar-refractivity contribution in [3.05, 3.63) is 41.3 Å². The molecule has 1 fully saturated rings. The largest absolute Gasteiger partial charge is 0.493 e. The second-order valence-electron chi connectivity index (χ2n) is 7.05. The summed E-state index contributed by atoms with van der Waals surface area (Å²) in [6.45, 7) is 5.49. The van der Waals surface area contributed by atoms with Crippen LogP contribution in [0.1, 0.15) is 29.9 Å². The number of aromatic nitrogens is 2. The molecular weight excluding hydrogens is 372 g/mol. The first-order valence-electron chi connectivity index (χ1n) is 9.71. The zero-order valence-electron chi connectivity index (χ0n) is 17.4. The van der Waals surface area contributed by atoms with Crippen molar-refractivity contribution in [2.75, 3.05) is 27.3 Å². The zero-order chi connectivity index (χ0) is 20.8. The average molecular weight is 400 g/mol. The van der Waals surface area contributed by atoms with Crippen LogP contribution >= 0.6 is 0 Å². The molecule has 1 aromatic carbocycles. The van der Waals surface area contributed by atoms with E-state index in [9.17, 15) is 4.79 Å². The summed E-state index contributed by atoms with van der Waals surface area (Å²) in [5.74, 6) is 2.62. The quantitative estimate of drug-likeness (QED) is 0.803. The number of benzene rings is 1. The summed E-state index contributed by atoms with van der Waals surface area (Å²) in [5, 5.41) is 2.97. The number of ether oxygens (including phenoxy) is 3. The van der Waals surface area contributed by atoms with Gasteiger partial charge in [0.1, 0.15) is 11.9 Å². The molecule has 2 heterocycles. The van der Waals surface area contributed by atoms with Crippen molar-refractivity contribution < 1.29 is 19.0 Å². The highest BCUT2D eigenvalue weighted by atomic mass is 16.5. The number of piperidine rings is 1. The van der Waals surface area contributed by atoms with Crippen molar-refractivity contribution in [3.8, 4) is 17.4 Å². The molecule has 1 N–H and O–H groups in total. The maximum Gasteiger partial charge on any atom is 0.317 e. The van der Waals surface area contributed by atoms with Crippen LogP contribution < -0.4 is 19.5 Å². The Morgan fingerprint density at radius 2 is 1.83 bits per heavy atom. The summed E-state index contributed by atoms with van der Waals surface area (Å²) in [6, 6.07) is 7.37. The summed E-state index contributed by atoms with van der Waals surface area (Å²) < 4.78 is 16.5. The number of hydrogen-bond donors (Lipinski definition) is 1. The summed E-state index contributed by atoms with van der Waals surface area (Å²) in [6.07, 6.45) is 1.59. The molecule has 0 aliphatic carbocycles. The highest BCUT2D eigenvalue weighted by Crippen LogP contribution is 2.27. The van der Waals surface area contributed by atoms with E-state index < -0.39 is 0 Å². The van der Waals surface area contributed by atoms with Gasteiger partial charge in [-0.2, -0.15) is 4.98 Å². The first-order valence-corrected chi connectivity index (χ1v) is 9.71. The maximum absolute atomic E-state index is 12.5. The van der Waals surface area contributed by atoms with Gasteiger partial charge in [0.15, 0.2) is 11.5 Å². The predicted octanol–water partition coefficient (Wildman–Crippen LogP) is 2.86. The lowest BCUT2D eigenvalue weighted by Gasteiger charge is -2.32. The molecule has 0 saturated carbocycles. The Hall–Kier alpha value is -3.03. The minimum Gasteiger partial charge on any atom is -0.493 e. The van der Waals surface area contributed by atoms with Crippen molar-refractivity contribution in [1.29, 1.82) is 0 Å². The van der Waals surface area contributed by atoms with Gasteiger partial charge in [0.2, 0.25) is 5.88 Å². The average Bonchev–Trinajstić information content (AvgIpc) is 2.71. The summed E-state index contributed by atoms with van der Waals surface area (Å²) in [7, 11) is 3.19. The summed E-state index contributed by atoms with van der Waals surface area (Å²) in [5.41, 5.74) is 1.84. The van der Waals surface area contributed by atoms with Crippen LogP contribution in [-0.4, -0.2) is 54.3 Å². The Balaban J connectivity index is 1.47. The number of nitrogens with zero attached hydrogens (tertiary/aromatic N) is 3. The van der Waals surface area contributed by atoms with Gasteiger partial charge in [-0.15, -0.1) is 0 Å². The first-order chi connectivity index (χ1) is 14.0. The lowest BCUT2D eigenvalue weighted by atomic mass is 10.1. The maximum atomic E-state index is 12.5. The highest BCUT2D eigenvalue weighted by Gasteiger charge is 2.24. The molecule has 3 rings (SSSR count). The van der Waals surface area contributed by atoms with Crippen LogP contribution in [0.3, 0.4) is 0 Å². The number of methoxy groups -OCH3 is 2. The van der Waals surface area contributed by atoms with Crippen molar-refractivity contribution in [2.24, 2.45) is 0 Å². The van der Waals surface area contributed by atoms with Gasteiger partial charge in [0, 0.05) is 44.2 Å². The van der Waals surface area contributed by atoms with E-state index in [1.54, 1.807) is 14.2 Å². The van der Waals surface area contributed by atoms with Crippen LogP contribution in [0.4, 0.5) is 4.79 Å². The van der Waals surface area contributed by atoms with Gasteiger partial charge >= 0.3 is 6.03 Å². The van der Waals surface area contributed by atoms with Gasteiger partial charge < -0.3 is 24.4 Å². The first kappa shape index (κ1) is 20.7. The highest BCUT2D eigenvalue weighted by molar-refractivity contribution is 5.74. The Morgan fingerprint density at radius 1 is 1.10 bits per heavy atom. The van der Waals surface area contributed by atoms with Crippen LogP contribution in [0.25, 0.3) is 0 Å². The molecule has 0 radical (unpaired) electrons. The third kappa shape index (κ3) is 5.49. The molecule has 1 aliphatic rings. The second-order valence-corrected chi connectivity index (χ2v) is 7.05. The Bertz CT molecular complexity index is 830. The van der Waals surface area contributed by atoms with Crippen molar-refractivity contribution in [2.45, 2.75) is 39.3 Å². The molecule has 1 aliphatic heterocycles. The molecule has 0 atom stereocenters. The molecule has 156 valence electrons. The van der Waals surface area contributed by atoms with Crippen molar-refractivity contribution >= 4 is 6.03 Å². The zero-order valence-corrected chi connectivity index (χ0v) is 17.4. The fraction of sp³-hybridized carbons (Fsp3) is 0.476. The van der Waals surface area contributed by atoms with E-state index >= 15 is 0 Å². The molecule has 29 heavy (non-hydrogen) atoms. The van der Waals surface area contributed by atoms with Gasteiger partial charge in [0.25, 0.3) is 0 Å². The number of urea groups is 1. The fourth-order valence-electron chi connectivity index (χ4n) is 3.37. The third-order valence-corrected chi connectivity index (χ3v) is 4.85. The molecule has 8 heteroatoms. The third-order valence-electron chi connectivity index (χ3n) is 4.85. The monoisotopic (exact) mass is 400 g/mol. The smallest absolute Gasteiger partial charge is 0.317 e. The molecule has 2 amide bonds. The van der Waals surface area contributed by atoms with Crippen molar-refractivity contribution in [1.82, 2.24) is 20.2 Å². The van der Waals surface area contributed by atoms with Gasteiger partial charge in [-0.1, -0.05) is 6.07 Å². The van der Waals surface area contributed by atoms with Gasteiger partial charge in [-0.3, -0.25) is 0 Å². The lowest BCUT2D eigenvalue weighted by Crippen LogP contribution is -2.46. The van der Waals surface area contributed by atoms with Crippen LogP contribution in [0.2, 0.25) is 0 Å². The van der Waals surface area contributed by atoms with Crippen LogP contribution in [0.5, 0.6) is 17.4 Å². The van der Waals surface area contributed by atoms with E-state index in [4.69, 9.17) is 14.2 Å². The number of aryl methyl sites for hydroxylation is 2. The van der Waals surface area contributed by atoms with Gasteiger partial charge in [-0.05, 0) is 31.5 Å². The van der Waals surface area contributed by atoms with Crippen LogP contribution in [0, 0.1) is 13.8 Å². The number of hydrogen-bond acceptors (Lipinski definition) is 6. The predicted molar refractivity (Wildman–Crippen MR) is 109 cm³/mol. The number of nitrogens with one attached hydrogen (secondary N) is 1. The number of carbonyl (C=O) groups is 1. The number of rotatable bonds is 6. The molecular formula is C21H28N4O4. The summed E-state index contributed by atoms with van der Waals surface area (Å²) in [4.78, 5) is 22.9. The fourth-order valence-corrected chi connectivity index (χ4v) is 3.37. The standard InChI is InChI=1S/C21H28N4O4/c1-14-11-20(24-15(2)23-14)29-17-7-9-25(10-8-17)21(26)22-13-16-5-6-18(27-3)19(12-16)28-4/h5-6,11-12,17H,7-10,13H2,1-4H3,(H,22,26). The van der Waals surface area contributed by atoms with Gasteiger partial charge in [-0.25, -0.2) is 9.78 Å². The lowest BCUT2D eigenvalue weighted by molar-refractivity contribution is 0.107. The molecule has 1 aromatic heterocycles. The number of likely N-dealkylation sites (tertiary alicyclic amines) is 1. The topological polar surface area (TPSA) is 85.8 Å². The Kier molecular flexibility index (Phi) is 6.74. The molecule has 0 unspecified atom stereocenters. The van der Waals surface area contributed by atoms with Crippen LogP contribution in [0.15, 0.2) is 24.3 Å². The Morgan fingerprint density at radius 3 is 2.48 bits per heavy atom. The minimum absolute atomic E-state index is 0.0543. The number of carbonyl (C=O) groups excluding carboxylic acids is 1. The molecule has 8 nitrogen and oxygen atoms in total. The summed E-state index contributed by atoms with van der Waals surface area (Å²) >= 11 is 0. The van der Waals surface area contributed by atoms with E-state index in [1.807, 2.05) is 43.0 Å². The van der Waals surface area contributed by atoms with Crippen LogP contribution in [-0.2, 0) is 6.54 Å². The Labute approximate surface area is 171 Å². The molecule has 1 saturated heterocycles. The minimum atomic E-state index is -0.0769. The molecule has 0 bridgehead atoms. The van der Waals surface area contributed by atoms with E-state index in [0.717, 1.165) is 24.1 Å².